The minimum absolute atomic E-state index is 0.169. The van der Waals surface area contributed by atoms with Gasteiger partial charge < -0.3 is 15.3 Å². The lowest BCUT2D eigenvalue weighted by molar-refractivity contribution is -0.140. The number of hydrogen-bond donors (Lipinski definition) is 2. The molecule has 1 atom stereocenters. The van der Waals surface area contributed by atoms with Gasteiger partial charge in [0.1, 0.15) is 0 Å². The van der Waals surface area contributed by atoms with E-state index in [1.807, 2.05) is 4.90 Å². The third-order valence-corrected chi connectivity index (χ3v) is 4.00. The monoisotopic (exact) mass is 240 g/mol. The standard InChI is InChI=1S/C13H24N2O2/c16-9-3-8-15(12-5-1-6-12)13(17)11-4-2-7-14-10-11/h11-12,14,16H,1-10H2. The van der Waals surface area contributed by atoms with E-state index in [0.29, 0.717) is 18.4 Å². The highest BCUT2D eigenvalue weighted by atomic mass is 16.3. The van der Waals surface area contributed by atoms with E-state index in [-0.39, 0.29) is 12.5 Å². The summed E-state index contributed by atoms with van der Waals surface area (Å²) >= 11 is 0. The largest absolute Gasteiger partial charge is 0.396 e. The van der Waals surface area contributed by atoms with Crippen molar-refractivity contribution in [2.75, 3.05) is 26.2 Å². The molecule has 1 saturated carbocycles. The molecule has 1 heterocycles. The van der Waals surface area contributed by atoms with Gasteiger partial charge in [-0.1, -0.05) is 0 Å². The molecule has 0 aromatic heterocycles. The van der Waals surface area contributed by atoms with E-state index in [0.717, 1.165) is 45.3 Å². The fourth-order valence-electron chi connectivity index (χ4n) is 2.71. The fraction of sp³-hybridized carbons (Fsp3) is 0.923. The molecular weight excluding hydrogens is 216 g/mol. The van der Waals surface area contributed by atoms with Crippen molar-refractivity contribution in [3.63, 3.8) is 0 Å². The van der Waals surface area contributed by atoms with E-state index in [2.05, 4.69) is 5.32 Å². The Kier molecular flexibility index (Phi) is 4.80. The number of carbonyl (C=O) groups excluding carboxylic acids is 1. The van der Waals surface area contributed by atoms with E-state index < -0.39 is 0 Å². The van der Waals surface area contributed by atoms with Crippen molar-refractivity contribution >= 4 is 5.91 Å². The van der Waals surface area contributed by atoms with Gasteiger partial charge in [0.15, 0.2) is 0 Å². The van der Waals surface area contributed by atoms with E-state index in [1.54, 1.807) is 0 Å². The zero-order valence-corrected chi connectivity index (χ0v) is 10.5. The molecule has 4 heteroatoms. The Morgan fingerprint density at radius 1 is 1.29 bits per heavy atom. The first kappa shape index (κ1) is 12.8. The van der Waals surface area contributed by atoms with Crippen molar-refractivity contribution < 1.29 is 9.90 Å². The minimum Gasteiger partial charge on any atom is -0.396 e. The second-order valence-electron chi connectivity index (χ2n) is 5.24. The van der Waals surface area contributed by atoms with Crippen LogP contribution in [0.25, 0.3) is 0 Å². The van der Waals surface area contributed by atoms with Gasteiger partial charge in [0.2, 0.25) is 5.91 Å². The summed E-state index contributed by atoms with van der Waals surface area (Å²) < 4.78 is 0. The summed E-state index contributed by atoms with van der Waals surface area (Å²) in [7, 11) is 0. The lowest BCUT2D eigenvalue weighted by Gasteiger charge is -2.40. The molecule has 98 valence electrons. The van der Waals surface area contributed by atoms with Gasteiger partial charge in [0, 0.05) is 25.7 Å². The van der Waals surface area contributed by atoms with E-state index in [4.69, 9.17) is 5.11 Å². The fourth-order valence-corrected chi connectivity index (χ4v) is 2.71. The molecule has 0 aromatic rings. The van der Waals surface area contributed by atoms with Crippen molar-refractivity contribution in [3.8, 4) is 0 Å². The Hall–Kier alpha value is -0.610. The van der Waals surface area contributed by atoms with Crippen LogP contribution in [0.2, 0.25) is 0 Å². The summed E-state index contributed by atoms with van der Waals surface area (Å²) in [4.78, 5) is 14.5. The SMILES string of the molecule is O=C(C1CCCNC1)N(CCCO)C1CCC1. The van der Waals surface area contributed by atoms with Crippen LogP contribution in [0.15, 0.2) is 0 Å². The number of aliphatic hydroxyl groups is 1. The maximum absolute atomic E-state index is 12.4. The normalized spacial score (nSPS) is 25.4. The number of amides is 1. The molecule has 2 fully saturated rings. The maximum atomic E-state index is 12.4. The Labute approximate surface area is 103 Å². The first-order valence-electron chi connectivity index (χ1n) is 6.95. The zero-order chi connectivity index (χ0) is 12.1. The lowest BCUT2D eigenvalue weighted by atomic mass is 9.89. The van der Waals surface area contributed by atoms with Crippen molar-refractivity contribution in [3.05, 3.63) is 0 Å². The molecule has 1 aliphatic carbocycles. The number of nitrogens with one attached hydrogen (secondary N) is 1. The molecule has 1 amide bonds. The minimum atomic E-state index is 0.169. The van der Waals surface area contributed by atoms with Gasteiger partial charge in [-0.25, -0.2) is 0 Å². The van der Waals surface area contributed by atoms with Crippen LogP contribution in [0, 0.1) is 5.92 Å². The van der Waals surface area contributed by atoms with Gasteiger partial charge in [-0.2, -0.15) is 0 Å². The highest BCUT2D eigenvalue weighted by Gasteiger charge is 2.32. The molecule has 0 aromatic carbocycles. The molecule has 0 radical (unpaired) electrons. The molecule has 0 bridgehead atoms. The molecule has 1 saturated heterocycles. The van der Waals surface area contributed by atoms with Crippen LogP contribution in [-0.4, -0.2) is 48.2 Å². The first-order valence-corrected chi connectivity index (χ1v) is 6.95. The van der Waals surface area contributed by atoms with Crippen LogP contribution in [0.1, 0.15) is 38.5 Å². The number of aliphatic hydroxyl groups excluding tert-OH is 1. The number of rotatable bonds is 5. The number of carbonyl (C=O) groups is 1. The molecule has 17 heavy (non-hydrogen) atoms. The van der Waals surface area contributed by atoms with Crippen molar-refractivity contribution in [2.45, 2.75) is 44.6 Å². The number of hydrogen-bond acceptors (Lipinski definition) is 3. The molecule has 2 rings (SSSR count). The molecule has 2 N–H and O–H groups in total. The Morgan fingerprint density at radius 2 is 2.12 bits per heavy atom. The number of nitrogens with zero attached hydrogens (tertiary/aromatic N) is 1. The van der Waals surface area contributed by atoms with Crippen LogP contribution in [0.5, 0.6) is 0 Å². The van der Waals surface area contributed by atoms with E-state index in [1.165, 1.54) is 6.42 Å². The second kappa shape index (κ2) is 6.36. The second-order valence-corrected chi connectivity index (χ2v) is 5.24. The summed E-state index contributed by atoms with van der Waals surface area (Å²) in [5.74, 6) is 0.485. The van der Waals surface area contributed by atoms with Crippen LogP contribution in [0.4, 0.5) is 0 Å². The highest BCUT2D eigenvalue weighted by Crippen LogP contribution is 2.27. The van der Waals surface area contributed by atoms with Gasteiger partial charge in [0.05, 0.1) is 5.92 Å². The summed E-state index contributed by atoms with van der Waals surface area (Å²) in [6.07, 6.45) is 6.39. The van der Waals surface area contributed by atoms with Crippen LogP contribution >= 0.6 is 0 Å². The van der Waals surface area contributed by atoms with Crippen LogP contribution in [0.3, 0.4) is 0 Å². The number of piperidine rings is 1. The molecule has 1 unspecified atom stereocenters. The van der Waals surface area contributed by atoms with Gasteiger partial charge in [-0.05, 0) is 45.1 Å². The third-order valence-electron chi connectivity index (χ3n) is 4.00. The molecule has 4 nitrogen and oxygen atoms in total. The Bertz CT molecular complexity index is 248. The van der Waals surface area contributed by atoms with Gasteiger partial charge in [0.25, 0.3) is 0 Å². The predicted octanol–water partition coefficient (Wildman–Crippen LogP) is 0.749. The summed E-state index contributed by atoms with van der Waals surface area (Å²) in [6.45, 7) is 2.79. The van der Waals surface area contributed by atoms with E-state index >= 15 is 0 Å². The molecule has 2 aliphatic rings. The third kappa shape index (κ3) is 3.19. The average molecular weight is 240 g/mol. The molecule has 1 aliphatic heterocycles. The summed E-state index contributed by atoms with van der Waals surface area (Å²) in [5, 5.41) is 12.2. The van der Waals surface area contributed by atoms with Gasteiger partial charge >= 0.3 is 0 Å². The topological polar surface area (TPSA) is 52.6 Å². The lowest BCUT2D eigenvalue weighted by Crippen LogP contribution is -2.50. The smallest absolute Gasteiger partial charge is 0.227 e. The summed E-state index contributed by atoms with van der Waals surface area (Å²) in [6, 6.07) is 0.455. The van der Waals surface area contributed by atoms with Crippen molar-refractivity contribution in [1.82, 2.24) is 10.2 Å². The molecular formula is C13H24N2O2. The van der Waals surface area contributed by atoms with Crippen molar-refractivity contribution in [1.29, 1.82) is 0 Å². The summed E-state index contributed by atoms with van der Waals surface area (Å²) in [5.41, 5.74) is 0. The zero-order valence-electron chi connectivity index (χ0n) is 10.5. The first-order chi connectivity index (χ1) is 8.33. The van der Waals surface area contributed by atoms with Gasteiger partial charge in [-0.15, -0.1) is 0 Å². The Morgan fingerprint density at radius 3 is 2.65 bits per heavy atom. The van der Waals surface area contributed by atoms with E-state index in [9.17, 15) is 4.79 Å². The maximum Gasteiger partial charge on any atom is 0.227 e. The van der Waals surface area contributed by atoms with Crippen LogP contribution in [-0.2, 0) is 4.79 Å². The molecule has 0 spiro atoms. The average Bonchev–Trinajstić information content (AvgIpc) is 2.32. The van der Waals surface area contributed by atoms with Gasteiger partial charge in [-0.3, -0.25) is 4.79 Å². The highest BCUT2D eigenvalue weighted by molar-refractivity contribution is 5.79. The predicted molar refractivity (Wildman–Crippen MR) is 66.6 cm³/mol. The van der Waals surface area contributed by atoms with Crippen molar-refractivity contribution in [2.24, 2.45) is 5.92 Å². The quantitative estimate of drug-likeness (QED) is 0.745. The Balaban J connectivity index is 1.90. The van der Waals surface area contributed by atoms with Crippen LogP contribution < -0.4 is 5.32 Å².